The number of benzene rings is 2. The first-order valence-electron chi connectivity index (χ1n) is 5.53. The van der Waals surface area contributed by atoms with Gasteiger partial charge in [-0.15, -0.1) is 0 Å². The molecule has 88 valence electrons. The van der Waals surface area contributed by atoms with Crippen molar-refractivity contribution >= 4 is 29.1 Å². The van der Waals surface area contributed by atoms with E-state index in [2.05, 4.69) is 9.97 Å². The number of aldehydes is 1. The second kappa shape index (κ2) is 4.66. The molecule has 0 aliphatic rings. The lowest BCUT2D eigenvalue weighted by atomic mass is 10.2. The molecule has 0 amide bonds. The van der Waals surface area contributed by atoms with E-state index in [0.717, 1.165) is 27.4 Å². The number of hydrogen-bond acceptors (Lipinski definition) is 3. The predicted octanol–water partition coefficient (Wildman–Crippen LogP) is 3.53. The molecule has 4 heteroatoms. The second-order valence-electron chi connectivity index (χ2n) is 3.82. The van der Waals surface area contributed by atoms with E-state index in [1.165, 1.54) is 11.8 Å². The Kier molecular flexibility index (Phi) is 2.86. The van der Waals surface area contributed by atoms with E-state index in [9.17, 15) is 4.79 Å². The van der Waals surface area contributed by atoms with Crippen LogP contribution in [0.4, 0.5) is 0 Å². The minimum absolute atomic E-state index is 0.683. The molecule has 0 aliphatic heterocycles. The van der Waals surface area contributed by atoms with Crippen LogP contribution in [0.5, 0.6) is 0 Å². The van der Waals surface area contributed by atoms with Crippen LogP contribution in [0.25, 0.3) is 11.0 Å². The van der Waals surface area contributed by atoms with E-state index in [0.29, 0.717) is 5.56 Å². The molecule has 0 fully saturated rings. The molecular formula is C14H10N2OS. The Balaban J connectivity index is 1.98. The van der Waals surface area contributed by atoms with Gasteiger partial charge < -0.3 is 4.98 Å². The van der Waals surface area contributed by atoms with E-state index in [1.54, 1.807) is 6.07 Å². The zero-order valence-corrected chi connectivity index (χ0v) is 10.3. The van der Waals surface area contributed by atoms with Crippen LogP contribution in [0.2, 0.25) is 0 Å². The Hall–Kier alpha value is -2.07. The predicted molar refractivity (Wildman–Crippen MR) is 72.0 cm³/mol. The summed E-state index contributed by atoms with van der Waals surface area (Å²) < 4.78 is 0. The van der Waals surface area contributed by atoms with Crippen LogP contribution in [0.15, 0.2) is 58.6 Å². The minimum atomic E-state index is 0.683. The number of aromatic amines is 1. The van der Waals surface area contributed by atoms with E-state index in [4.69, 9.17) is 0 Å². The van der Waals surface area contributed by atoms with Crippen molar-refractivity contribution in [2.75, 3.05) is 0 Å². The number of imidazole rings is 1. The second-order valence-corrected chi connectivity index (χ2v) is 4.85. The molecule has 0 saturated heterocycles. The van der Waals surface area contributed by atoms with Crippen molar-refractivity contribution < 1.29 is 4.79 Å². The summed E-state index contributed by atoms with van der Waals surface area (Å²) in [6, 6.07) is 15.4. The minimum Gasteiger partial charge on any atom is -0.333 e. The summed E-state index contributed by atoms with van der Waals surface area (Å²) in [7, 11) is 0. The third kappa shape index (κ3) is 2.02. The molecule has 3 aromatic rings. The summed E-state index contributed by atoms with van der Waals surface area (Å²) in [6.45, 7) is 0. The van der Waals surface area contributed by atoms with E-state index >= 15 is 0 Å². The van der Waals surface area contributed by atoms with E-state index in [1.807, 2.05) is 42.5 Å². The van der Waals surface area contributed by atoms with Crippen molar-refractivity contribution in [3.05, 3.63) is 54.1 Å². The molecule has 2 aromatic carbocycles. The maximum atomic E-state index is 10.9. The van der Waals surface area contributed by atoms with Gasteiger partial charge >= 0.3 is 0 Å². The van der Waals surface area contributed by atoms with Gasteiger partial charge in [0.05, 0.1) is 11.0 Å². The van der Waals surface area contributed by atoms with Gasteiger partial charge in [0.1, 0.15) is 0 Å². The Morgan fingerprint density at radius 1 is 1.06 bits per heavy atom. The highest BCUT2D eigenvalue weighted by Gasteiger charge is 2.06. The van der Waals surface area contributed by atoms with Crippen LogP contribution in [0, 0.1) is 0 Å². The number of para-hydroxylation sites is 2. The van der Waals surface area contributed by atoms with Crippen LogP contribution < -0.4 is 0 Å². The molecule has 0 unspecified atom stereocenters. The fraction of sp³-hybridized carbons (Fsp3) is 0. The van der Waals surface area contributed by atoms with Crippen molar-refractivity contribution in [1.82, 2.24) is 9.97 Å². The van der Waals surface area contributed by atoms with Gasteiger partial charge in [0.2, 0.25) is 0 Å². The van der Waals surface area contributed by atoms with Crippen molar-refractivity contribution in [1.29, 1.82) is 0 Å². The maximum Gasteiger partial charge on any atom is 0.171 e. The Labute approximate surface area is 108 Å². The number of nitrogens with zero attached hydrogens (tertiary/aromatic N) is 1. The summed E-state index contributed by atoms with van der Waals surface area (Å²) >= 11 is 1.47. The van der Waals surface area contributed by atoms with Crippen LogP contribution in [0.3, 0.4) is 0 Å². The number of H-pyrrole nitrogens is 1. The van der Waals surface area contributed by atoms with Gasteiger partial charge in [-0.3, -0.25) is 4.79 Å². The van der Waals surface area contributed by atoms with Crippen LogP contribution in [-0.4, -0.2) is 16.3 Å². The first-order valence-corrected chi connectivity index (χ1v) is 6.35. The Morgan fingerprint density at radius 2 is 1.83 bits per heavy atom. The largest absolute Gasteiger partial charge is 0.333 e. The highest BCUT2D eigenvalue weighted by Crippen LogP contribution is 2.29. The number of nitrogens with one attached hydrogen (secondary N) is 1. The third-order valence-corrected chi connectivity index (χ3v) is 3.60. The molecule has 0 spiro atoms. The van der Waals surface area contributed by atoms with Gasteiger partial charge in [0, 0.05) is 10.5 Å². The van der Waals surface area contributed by atoms with Crippen molar-refractivity contribution in [2.24, 2.45) is 0 Å². The number of rotatable bonds is 3. The van der Waals surface area contributed by atoms with E-state index < -0.39 is 0 Å². The molecule has 18 heavy (non-hydrogen) atoms. The Bertz CT molecular complexity index is 673. The monoisotopic (exact) mass is 254 g/mol. The summed E-state index contributed by atoms with van der Waals surface area (Å²) in [6.07, 6.45) is 0.866. The lowest BCUT2D eigenvalue weighted by molar-refractivity contribution is 0.112. The molecule has 1 aromatic heterocycles. The highest BCUT2D eigenvalue weighted by molar-refractivity contribution is 7.99. The smallest absolute Gasteiger partial charge is 0.171 e. The molecule has 0 aliphatic carbocycles. The van der Waals surface area contributed by atoms with Gasteiger partial charge in [-0.2, -0.15) is 0 Å². The lowest BCUT2D eigenvalue weighted by Crippen LogP contribution is -1.84. The number of carbonyl (C=O) groups is 1. The van der Waals surface area contributed by atoms with Gasteiger partial charge in [0.15, 0.2) is 11.4 Å². The molecule has 0 saturated carbocycles. The molecule has 0 atom stereocenters. The van der Waals surface area contributed by atoms with Gasteiger partial charge in [-0.05, 0) is 18.2 Å². The zero-order valence-electron chi connectivity index (χ0n) is 9.46. The number of fused-ring (bicyclic) bond motifs is 1. The highest BCUT2D eigenvalue weighted by atomic mass is 32.2. The fourth-order valence-corrected chi connectivity index (χ4v) is 2.65. The normalized spacial score (nSPS) is 10.7. The number of hydrogen-bond donors (Lipinski definition) is 1. The summed E-state index contributed by atoms with van der Waals surface area (Å²) in [5.74, 6) is 0. The molecule has 1 N–H and O–H groups in total. The molecular weight excluding hydrogens is 244 g/mol. The first-order chi connectivity index (χ1) is 8.86. The van der Waals surface area contributed by atoms with Gasteiger partial charge in [0.25, 0.3) is 0 Å². The van der Waals surface area contributed by atoms with Crippen molar-refractivity contribution in [2.45, 2.75) is 10.1 Å². The summed E-state index contributed by atoms with van der Waals surface area (Å²) in [5, 5.41) is 0.797. The average Bonchev–Trinajstić information content (AvgIpc) is 2.81. The van der Waals surface area contributed by atoms with Crippen molar-refractivity contribution in [3.8, 4) is 0 Å². The lowest BCUT2D eigenvalue weighted by Gasteiger charge is -2.00. The standard InChI is InChI=1S/C14H10N2OS/c17-9-10-5-1-4-8-13(10)18-14-15-11-6-2-3-7-12(11)16-14/h1-9H,(H,15,16). The SMILES string of the molecule is O=Cc1ccccc1Sc1nc2ccccc2[nH]1. The van der Waals surface area contributed by atoms with Crippen LogP contribution in [0.1, 0.15) is 10.4 Å². The number of carbonyl (C=O) groups excluding carboxylic acids is 1. The quantitative estimate of drug-likeness (QED) is 0.727. The van der Waals surface area contributed by atoms with Crippen LogP contribution in [-0.2, 0) is 0 Å². The molecule has 0 radical (unpaired) electrons. The number of aromatic nitrogens is 2. The fourth-order valence-electron chi connectivity index (χ4n) is 1.75. The first kappa shape index (κ1) is 11.0. The third-order valence-electron chi connectivity index (χ3n) is 2.62. The molecule has 3 rings (SSSR count). The summed E-state index contributed by atoms with van der Waals surface area (Å²) in [4.78, 5) is 19.6. The summed E-state index contributed by atoms with van der Waals surface area (Å²) in [5.41, 5.74) is 2.62. The zero-order chi connectivity index (χ0) is 12.4. The topological polar surface area (TPSA) is 45.8 Å². The maximum absolute atomic E-state index is 10.9. The van der Waals surface area contributed by atoms with Crippen LogP contribution >= 0.6 is 11.8 Å². The molecule has 1 heterocycles. The van der Waals surface area contributed by atoms with Crippen molar-refractivity contribution in [3.63, 3.8) is 0 Å². The average molecular weight is 254 g/mol. The Morgan fingerprint density at radius 3 is 2.67 bits per heavy atom. The van der Waals surface area contributed by atoms with Gasteiger partial charge in [-0.1, -0.05) is 42.1 Å². The molecule has 0 bridgehead atoms. The van der Waals surface area contributed by atoms with Gasteiger partial charge in [-0.25, -0.2) is 4.98 Å². The van der Waals surface area contributed by atoms with E-state index in [-0.39, 0.29) is 0 Å². The molecule has 3 nitrogen and oxygen atoms in total.